The van der Waals surface area contributed by atoms with Crippen LogP contribution in [0, 0.1) is 0 Å². The molecule has 0 amide bonds. The van der Waals surface area contributed by atoms with Gasteiger partial charge in [-0.3, -0.25) is 0 Å². The molecule has 0 fully saturated rings. The fraction of sp³-hybridized carbons (Fsp3) is 0.742. The van der Waals surface area contributed by atoms with Gasteiger partial charge in [-0.05, 0) is 31.4 Å². The molecule has 1 aromatic carbocycles. The molecule has 1 aromatic rings. The molecule has 0 N–H and O–H groups in total. The Labute approximate surface area is 206 Å². The van der Waals surface area contributed by atoms with Crippen molar-refractivity contribution in [2.75, 3.05) is 11.4 Å². The Morgan fingerprint density at radius 2 is 1.03 bits per heavy atom. The highest BCUT2D eigenvalue weighted by molar-refractivity contribution is 5.51. The summed E-state index contributed by atoms with van der Waals surface area (Å²) in [6.07, 6.45) is 31.8. The van der Waals surface area contributed by atoms with E-state index in [1.807, 2.05) is 0 Å². The lowest BCUT2D eigenvalue weighted by molar-refractivity contribution is 0.273. The van der Waals surface area contributed by atoms with E-state index in [1.54, 1.807) is 0 Å². The first-order chi connectivity index (χ1) is 16.4. The van der Waals surface area contributed by atoms with Gasteiger partial charge in [0, 0.05) is 24.6 Å². The summed E-state index contributed by atoms with van der Waals surface area (Å²) in [7, 11) is 0. The van der Waals surface area contributed by atoms with Crippen LogP contribution in [0.4, 0.5) is 5.69 Å². The number of hydrogen-bond donors (Lipinski definition) is 0. The second kappa shape index (κ2) is 18.9. The normalized spacial score (nSPS) is 15.6. The minimum absolute atomic E-state index is 0.506. The molecular weight excluding hydrogens is 400 g/mol. The summed E-state index contributed by atoms with van der Waals surface area (Å²) in [6.45, 7) is 5.81. The number of benzene rings is 1. The van der Waals surface area contributed by atoms with Crippen LogP contribution in [-0.4, -0.2) is 17.6 Å². The molecule has 1 unspecified atom stereocenters. The lowest BCUT2D eigenvalue weighted by Gasteiger charge is -2.33. The van der Waals surface area contributed by atoms with E-state index in [0.29, 0.717) is 6.17 Å². The molecule has 188 valence electrons. The molecule has 0 radical (unpaired) electrons. The number of anilines is 1. The summed E-state index contributed by atoms with van der Waals surface area (Å²) >= 11 is 0. The topological polar surface area (TPSA) is 6.48 Å². The van der Waals surface area contributed by atoms with Crippen molar-refractivity contribution in [1.82, 2.24) is 4.90 Å². The van der Waals surface area contributed by atoms with E-state index in [2.05, 4.69) is 66.4 Å². The van der Waals surface area contributed by atoms with E-state index in [-0.39, 0.29) is 0 Å². The van der Waals surface area contributed by atoms with Crippen molar-refractivity contribution < 1.29 is 0 Å². The summed E-state index contributed by atoms with van der Waals surface area (Å²) < 4.78 is 0. The average molecular weight is 455 g/mol. The van der Waals surface area contributed by atoms with Gasteiger partial charge < -0.3 is 9.80 Å². The average Bonchev–Trinajstić information content (AvgIpc) is 3.25. The fourth-order valence-electron chi connectivity index (χ4n) is 5.15. The first-order valence-electron chi connectivity index (χ1n) is 14.6. The molecule has 2 heteroatoms. The van der Waals surface area contributed by atoms with Crippen molar-refractivity contribution in [3.63, 3.8) is 0 Å². The second-order valence-corrected chi connectivity index (χ2v) is 10.2. The van der Waals surface area contributed by atoms with Gasteiger partial charge in [0.15, 0.2) is 0 Å². The Kier molecular flexibility index (Phi) is 15.9. The van der Waals surface area contributed by atoms with Crippen molar-refractivity contribution in [3.8, 4) is 0 Å². The third-order valence-corrected chi connectivity index (χ3v) is 7.26. The van der Waals surface area contributed by atoms with Crippen LogP contribution < -0.4 is 4.90 Å². The Hall–Kier alpha value is -1.44. The predicted octanol–water partition coefficient (Wildman–Crippen LogP) is 10.1. The smallest absolute Gasteiger partial charge is 0.105 e. The molecule has 0 saturated carbocycles. The molecule has 0 bridgehead atoms. The van der Waals surface area contributed by atoms with Gasteiger partial charge in [0.1, 0.15) is 6.17 Å². The van der Waals surface area contributed by atoms with E-state index in [9.17, 15) is 0 Å². The van der Waals surface area contributed by atoms with Gasteiger partial charge >= 0.3 is 0 Å². The van der Waals surface area contributed by atoms with Crippen LogP contribution in [0.3, 0.4) is 0 Å². The Balaban J connectivity index is 1.65. The minimum atomic E-state index is 0.506. The van der Waals surface area contributed by atoms with E-state index < -0.39 is 0 Å². The highest BCUT2D eigenvalue weighted by Crippen LogP contribution is 2.28. The largest absolute Gasteiger partial charge is 0.356 e. The van der Waals surface area contributed by atoms with Crippen LogP contribution in [0.25, 0.3) is 0 Å². The van der Waals surface area contributed by atoms with E-state index >= 15 is 0 Å². The van der Waals surface area contributed by atoms with Crippen molar-refractivity contribution in [2.45, 2.75) is 142 Å². The SMILES string of the molecule is CCCCCCCCCCCCCN1C=CN(c2ccccc2)C1CCCCCCCCC. The summed E-state index contributed by atoms with van der Waals surface area (Å²) in [5, 5.41) is 0. The number of rotatable bonds is 21. The van der Waals surface area contributed by atoms with Gasteiger partial charge in [-0.15, -0.1) is 0 Å². The summed E-state index contributed by atoms with van der Waals surface area (Å²) in [5.74, 6) is 0. The second-order valence-electron chi connectivity index (χ2n) is 10.2. The lowest BCUT2D eigenvalue weighted by Crippen LogP contribution is -2.39. The van der Waals surface area contributed by atoms with E-state index in [0.717, 1.165) is 0 Å². The van der Waals surface area contributed by atoms with Gasteiger partial charge in [0.2, 0.25) is 0 Å². The molecule has 1 atom stereocenters. The number of nitrogens with zero attached hydrogens (tertiary/aromatic N) is 2. The standard InChI is InChI=1S/C31H54N2/c1-3-5-7-9-11-12-13-14-16-18-23-27-32-28-29-33(30-24-20-19-21-25-30)31(32)26-22-17-15-10-8-6-4-2/h19-21,24-25,28-29,31H,3-18,22-23,26-27H2,1-2H3. The summed E-state index contributed by atoms with van der Waals surface area (Å²) in [5.41, 5.74) is 1.34. The van der Waals surface area contributed by atoms with Crippen molar-refractivity contribution in [2.24, 2.45) is 0 Å². The molecule has 1 heterocycles. The van der Waals surface area contributed by atoms with Crippen molar-refractivity contribution in [3.05, 3.63) is 42.7 Å². The summed E-state index contributed by atoms with van der Waals surface area (Å²) in [6, 6.07) is 11.0. The van der Waals surface area contributed by atoms with Crippen molar-refractivity contribution >= 4 is 5.69 Å². The molecule has 2 nitrogen and oxygen atoms in total. The first kappa shape index (κ1) is 27.8. The minimum Gasteiger partial charge on any atom is -0.356 e. The Bertz CT molecular complexity index is 582. The highest BCUT2D eigenvalue weighted by Gasteiger charge is 2.26. The van der Waals surface area contributed by atoms with E-state index in [1.165, 1.54) is 134 Å². The maximum atomic E-state index is 2.62. The molecular formula is C31H54N2. The maximum absolute atomic E-state index is 2.62. The van der Waals surface area contributed by atoms with Crippen LogP contribution in [0.2, 0.25) is 0 Å². The molecule has 2 rings (SSSR count). The van der Waals surface area contributed by atoms with Crippen LogP contribution in [-0.2, 0) is 0 Å². The number of unbranched alkanes of at least 4 members (excludes halogenated alkanes) is 16. The lowest BCUT2D eigenvalue weighted by atomic mass is 10.1. The monoisotopic (exact) mass is 454 g/mol. The fourth-order valence-corrected chi connectivity index (χ4v) is 5.15. The summed E-state index contributed by atoms with van der Waals surface area (Å²) in [4.78, 5) is 5.13. The Morgan fingerprint density at radius 1 is 0.545 bits per heavy atom. The predicted molar refractivity (Wildman–Crippen MR) is 148 cm³/mol. The third-order valence-electron chi connectivity index (χ3n) is 7.26. The van der Waals surface area contributed by atoms with Crippen LogP contribution in [0.1, 0.15) is 136 Å². The number of hydrogen-bond acceptors (Lipinski definition) is 2. The zero-order valence-electron chi connectivity index (χ0n) is 22.2. The molecule has 0 aliphatic carbocycles. The van der Waals surface area contributed by atoms with Gasteiger partial charge in [-0.1, -0.05) is 135 Å². The molecule has 1 aliphatic heterocycles. The Morgan fingerprint density at radius 3 is 1.58 bits per heavy atom. The quantitative estimate of drug-likeness (QED) is 0.170. The highest BCUT2D eigenvalue weighted by atomic mass is 15.4. The molecule has 0 saturated heterocycles. The zero-order chi connectivity index (χ0) is 23.4. The van der Waals surface area contributed by atoms with Gasteiger partial charge in [0.25, 0.3) is 0 Å². The van der Waals surface area contributed by atoms with Gasteiger partial charge in [-0.2, -0.15) is 0 Å². The molecule has 0 spiro atoms. The van der Waals surface area contributed by atoms with E-state index in [4.69, 9.17) is 0 Å². The maximum Gasteiger partial charge on any atom is 0.105 e. The van der Waals surface area contributed by atoms with Gasteiger partial charge in [0.05, 0.1) is 0 Å². The van der Waals surface area contributed by atoms with Crippen molar-refractivity contribution in [1.29, 1.82) is 0 Å². The van der Waals surface area contributed by atoms with Gasteiger partial charge in [-0.25, -0.2) is 0 Å². The third kappa shape index (κ3) is 12.0. The van der Waals surface area contributed by atoms with Crippen LogP contribution in [0.15, 0.2) is 42.7 Å². The number of para-hydroxylation sites is 1. The molecule has 1 aliphatic rings. The molecule has 33 heavy (non-hydrogen) atoms. The van der Waals surface area contributed by atoms with Crippen LogP contribution >= 0.6 is 0 Å². The van der Waals surface area contributed by atoms with Crippen LogP contribution in [0.5, 0.6) is 0 Å². The zero-order valence-corrected chi connectivity index (χ0v) is 22.2. The first-order valence-corrected chi connectivity index (χ1v) is 14.6. The molecule has 0 aromatic heterocycles.